The Kier molecular flexibility index (Phi) is 5.45. The van der Waals surface area contributed by atoms with Crippen molar-refractivity contribution in [2.75, 3.05) is 18.9 Å². The maximum absolute atomic E-state index is 13.0. The fraction of sp³-hybridized carbons (Fsp3) is 0.278. The first-order valence-corrected chi connectivity index (χ1v) is 11.2. The first-order valence-electron chi connectivity index (χ1n) is 8.05. The minimum Gasteiger partial charge on any atom is -0.497 e. The number of hydrogen-bond donors (Lipinski definition) is 1. The first kappa shape index (κ1) is 19.7. The number of ether oxygens (including phenoxy) is 2. The van der Waals surface area contributed by atoms with E-state index in [2.05, 4.69) is 9.71 Å². The molecule has 0 unspecified atom stereocenters. The van der Waals surface area contributed by atoms with Gasteiger partial charge in [0, 0.05) is 15.8 Å². The number of thiophene rings is 1. The Balaban J connectivity index is 1.99. The molecule has 1 N–H and O–H groups in total. The number of aromatic nitrogens is 1. The van der Waals surface area contributed by atoms with Gasteiger partial charge in [-0.25, -0.2) is 13.4 Å². The normalized spacial score (nSPS) is 11.4. The van der Waals surface area contributed by atoms with Gasteiger partial charge in [0.2, 0.25) is 0 Å². The quantitative estimate of drug-likeness (QED) is 0.625. The Morgan fingerprint density at radius 2 is 1.74 bits per heavy atom. The Morgan fingerprint density at radius 3 is 2.33 bits per heavy atom. The zero-order chi connectivity index (χ0) is 19.8. The summed E-state index contributed by atoms with van der Waals surface area (Å²) in [5, 5.41) is 0.832. The summed E-state index contributed by atoms with van der Waals surface area (Å²) in [6, 6.07) is 6.63. The van der Waals surface area contributed by atoms with E-state index < -0.39 is 10.0 Å². The summed E-state index contributed by atoms with van der Waals surface area (Å²) in [7, 11) is -0.782. The summed E-state index contributed by atoms with van der Waals surface area (Å²) < 4.78 is 39.0. The second kappa shape index (κ2) is 7.49. The first-order chi connectivity index (χ1) is 12.7. The fourth-order valence-electron chi connectivity index (χ4n) is 2.51. The van der Waals surface area contributed by atoms with Crippen molar-refractivity contribution in [2.45, 2.75) is 25.7 Å². The molecule has 2 heterocycles. The third-order valence-corrected chi connectivity index (χ3v) is 7.97. The fourth-order valence-corrected chi connectivity index (χ4v) is 6.12. The Hall–Kier alpha value is -2.10. The average Bonchev–Trinajstić information content (AvgIpc) is 3.17. The molecule has 2 aromatic heterocycles. The van der Waals surface area contributed by atoms with Gasteiger partial charge >= 0.3 is 0 Å². The van der Waals surface area contributed by atoms with E-state index in [4.69, 9.17) is 9.47 Å². The average molecular weight is 425 g/mol. The molecular formula is C18H20N2O4S3. The van der Waals surface area contributed by atoms with Gasteiger partial charge < -0.3 is 9.47 Å². The molecule has 0 aliphatic heterocycles. The van der Waals surface area contributed by atoms with Crippen molar-refractivity contribution in [2.24, 2.45) is 0 Å². The lowest BCUT2D eigenvalue weighted by Crippen LogP contribution is -2.14. The highest BCUT2D eigenvalue weighted by atomic mass is 32.2. The second-order valence-corrected chi connectivity index (χ2v) is 9.97. The number of methoxy groups -OCH3 is 2. The van der Waals surface area contributed by atoms with Gasteiger partial charge in [0.1, 0.15) is 21.4 Å². The van der Waals surface area contributed by atoms with Crippen LogP contribution in [0.4, 0.5) is 5.69 Å². The maximum Gasteiger partial charge on any atom is 0.263 e. The van der Waals surface area contributed by atoms with E-state index in [0.29, 0.717) is 22.1 Å². The number of thiazole rings is 1. The molecule has 144 valence electrons. The van der Waals surface area contributed by atoms with Crippen molar-refractivity contribution < 1.29 is 17.9 Å². The minimum atomic E-state index is -3.79. The zero-order valence-corrected chi connectivity index (χ0v) is 18.1. The van der Waals surface area contributed by atoms with Crippen molar-refractivity contribution in [1.82, 2.24) is 4.98 Å². The van der Waals surface area contributed by atoms with Crippen molar-refractivity contribution in [3.8, 4) is 21.4 Å². The molecule has 3 aromatic rings. The van der Waals surface area contributed by atoms with Crippen LogP contribution in [0.1, 0.15) is 15.4 Å². The second-order valence-electron chi connectivity index (χ2n) is 5.86. The Morgan fingerprint density at radius 1 is 1.00 bits per heavy atom. The van der Waals surface area contributed by atoms with Crippen LogP contribution in [-0.4, -0.2) is 27.6 Å². The Bertz CT molecular complexity index is 1060. The molecule has 0 aliphatic rings. The van der Waals surface area contributed by atoms with Crippen molar-refractivity contribution in [3.63, 3.8) is 0 Å². The van der Waals surface area contributed by atoms with Gasteiger partial charge in [0.15, 0.2) is 0 Å². The lowest BCUT2D eigenvalue weighted by Gasteiger charge is -2.13. The van der Waals surface area contributed by atoms with Crippen LogP contribution in [0.15, 0.2) is 29.2 Å². The summed E-state index contributed by atoms with van der Waals surface area (Å²) >= 11 is 2.98. The van der Waals surface area contributed by atoms with Gasteiger partial charge in [-0.2, -0.15) is 0 Å². The van der Waals surface area contributed by atoms with Crippen molar-refractivity contribution in [1.29, 1.82) is 0 Å². The van der Waals surface area contributed by atoms with Gasteiger partial charge in [-0.1, -0.05) is 0 Å². The van der Waals surface area contributed by atoms with E-state index >= 15 is 0 Å². The summed E-state index contributed by atoms with van der Waals surface area (Å²) in [5.74, 6) is 0.948. The van der Waals surface area contributed by atoms with Crippen LogP contribution in [0.2, 0.25) is 0 Å². The number of nitrogens with one attached hydrogen (secondary N) is 1. The highest BCUT2D eigenvalue weighted by Crippen LogP contribution is 2.38. The van der Waals surface area contributed by atoms with Gasteiger partial charge in [0.05, 0.1) is 30.5 Å². The molecule has 0 radical (unpaired) electrons. The van der Waals surface area contributed by atoms with Crippen molar-refractivity contribution in [3.05, 3.63) is 39.7 Å². The van der Waals surface area contributed by atoms with Gasteiger partial charge in [-0.3, -0.25) is 4.72 Å². The number of sulfonamides is 1. The van der Waals surface area contributed by atoms with E-state index in [1.807, 2.05) is 13.8 Å². The smallest absolute Gasteiger partial charge is 0.263 e. The standard InChI is InChI=1S/C18H20N2O4S3/c1-10-11(2)26-18(19-10)16-9-17(12(3)25-16)27(21,22)20-14-8-13(23-4)6-7-15(14)24-5/h6-9,20H,1-5H3. The lowest BCUT2D eigenvalue weighted by molar-refractivity contribution is 0.405. The Labute approximate surface area is 166 Å². The summed E-state index contributed by atoms with van der Waals surface area (Å²) in [6.45, 7) is 5.74. The molecular weight excluding hydrogens is 404 g/mol. The topological polar surface area (TPSA) is 77.5 Å². The maximum atomic E-state index is 13.0. The lowest BCUT2D eigenvalue weighted by atomic mass is 10.3. The minimum absolute atomic E-state index is 0.234. The van der Waals surface area contributed by atoms with Crippen LogP contribution in [-0.2, 0) is 10.0 Å². The van der Waals surface area contributed by atoms with E-state index in [9.17, 15) is 8.42 Å². The van der Waals surface area contributed by atoms with Crippen LogP contribution in [0.5, 0.6) is 11.5 Å². The molecule has 0 saturated heterocycles. The summed E-state index contributed by atoms with van der Waals surface area (Å²) in [4.78, 5) is 7.43. The van der Waals surface area contributed by atoms with Crippen molar-refractivity contribution >= 4 is 38.4 Å². The number of benzene rings is 1. The van der Waals surface area contributed by atoms with Gasteiger partial charge in [-0.15, -0.1) is 22.7 Å². The molecule has 0 saturated carbocycles. The number of nitrogens with zero attached hydrogens (tertiary/aromatic N) is 1. The largest absolute Gasteiger partial charge is 0.497 e. The molecule has 0 aliphatic carbocycles. The molecule has 0 atom stereocenters. The molecule has 0 fully saturated rings. The van der Waals surface area contributed by atoms with Gasteiger partial charge in [0.25, 0.3) is 10.0 Å². The molecule has 0 spiro atoms. The number of hydrogen-bond acceptors (Lipinski definition) is 7. The van der Waals surface area contributed by atoms with Crippen LogP contribution in [0.3, 0.4) is 0 Å². The molecule has 1 aromatic carbocycles. The molecule has 0 amide bonds. The highest BCUT2D eigenvalue weighted by molar-refractivity contribution is 7.93. The monoisotopic (exact) mass is 424 g/mol. The van der Waals surface area contributed by atoms with E-state index in [-0.39, 0.29) is 4.90 Å². The predicted octanol–water partition coefficient (Wildman–Crippen LogP) is 4.61. The van der Waals surface area contributed by atoms with Crippen LogP contribution in [0.25, 0.3) is 9.88 Å². The summed E-state index contributed by atoms with van der Waals surface area (Å²) in [5.41, 5.74) is 1.29. The third kappa shape index (κ3) is 3.95. The van der Waals surface area contributed by atoms with Crippen LogP contribution < -0.4 is 14.2 Å². The molecule has 6 nitrogen and oxygen atoms in total. The molecule has 9 heteroatoms. The van der Waals surface area contributed by atoms with E-state index in [1.54, 1.807) is 42.5 Å². The number of aryl methyl sites for hydroxylation is 3. The number of anilines is 1. The highest BCUT2D eigenvalue weighted by Gasteiger charge is 2.23. The van der Waals surface area contributed by atoms with Crippen LogP contribution >= 0.6 is 22.7 Å². The molecule has 27 heavy (non-hydrogen) atoms. The van der Waals surface area contributed by atoms with E-state index in [0.717, 1.165) is 20.5 Å². The number of rotatable bonds is 6. The van der Waals surface area contributed by atoms with E-state index in [1.165, 1.54) is 25.6 Å². The SMILES string of the molecule is COc1ccc(OC)c(NS(=O)(=O)c2cc(-c3nc(C)c(C)s3)sc2C)c1. The third-order valence-electron chi connectivity index (χ3n) is 4.05. The summed E-state index contributed by atoms with van der Waals surface area (Å²) in [6.07, 6.45) is 0. The van der Waals surface area contributed by atoms with Crippen LogP contribution in [0, 0.1) is 20.8 Å². The van der Waals surface area contributed by atoms with Gasteiger partial charge in [-0.05, 0) is 39.0 Å². The predicted molar refractivity (Wildman–Crippen MR) is 110 cm³/mol. The molecule has 0 bridgehead atoms. The molecule has 3 rings (SSSR count). The zero-order valence-electron chi connectivity index (χ0n) is 15.6.